The summed E-state index contributed by atoms with van der Waals surface area (Å²) in [6.07, 6.45) is -6.04. The summed E-state index contributed by atoms with van der Waals surface area (Å²) >= 11 is 0. The van der Waals surface area contributed by atoms with Gasteiger partial charge in [0.1, 0.15) is 18.5 Å². The summed E-state index contributed by atoms with van der Waals surface area (Å²) < 4.78 is 32.6. The van der Waals surface area contributed by atoms with Crippen molar-refractivity contribution in [3.63, 3.8) is 0 Å². The summed E-state index contributed by atoms with van der Waals surface area (Å²) in [7, 11) is 0. The Labute approximate surface area is 173 Å². The van der Waals surface area contributed by atoms with Gasteiger partial charge in [-0.2, -0.15) is 0 Å². The van der Waals surface area contributed by atoms with Gasteiger partial charge in [0.05, 0.1) is 0 Å². The number of carbonyl (C=O) groups is 4. The Kier molecular flexibility index (Phi) is 8.16. The van der Waals surface area contributed by atoms with Gasteiger partial charge >= 0.3 is 23.9 Å². The molecule has 0 spiro atoms. The van der Waals surface area contributed by atoms with Crippen LogP contribution in [-0.2, 0) is 42.9 Å². The highest BCUT2D eigenvalue weighted by molar-refractivity contribution is 5.68. The molecule has 5 atom stereocenters. The molecule has 0 amide bonds. The van der Waals surface area contributed by atoms with Gasteiger partial charge in [-0.25, -0.2) is 0 Å². The van der Waals surface area contributed by atoms with Gasteiger partial charge in [0.25, 0.3) is 0 Å². The van der Waals surface area contributed by atoms with Crippen molar-refractivity contribution in [2.75, 3.05) is 6.61 Å². The lowest BCUT2D eigenvalue weighted by Gasteiger charge is -2.43. The Hall–Kier alpha value is -3.14. The molecule has 0 bridgehead atoms. The lowest BCUT2D eigenvalue weighted by atomic mass is 9.98. The molecule has 30 heavy (non-hydrogen) atoms. The number of ether oxygens (including phenoxy) is 6. The molecule has 0 aromatic heterocycles. The molecule has 1 fully saturated rings. The summed E-state index contributed by atoms with van der Waals surface area (Å²) in [5.41, 5.74) is 0. The smallest absolute Gasteiger partial charge is 0.303 e. The van der Waals surface area contributed by atoms with Gasteiger partial charge in [-0.1, -0.05) is 18.2 Å². The van der Waals surface area contributed by atoms with Gasteiger partial charge in [0.2, 0.25) is 12.4 Å². The third kappa shape index (κ3) is 6.73. The van der Waals surface area contributed by atoms with Crippen LogP contribution < -0.4 is 4.74 Å². The molecule has 0 saturated carbocycles. The predicted octanol–water partition coefficient (Wildman–Crippen LogP) is 1.15. The van der Waals surface area contributed by atoms with E-state index < -0.39 is 54.6 Å². The van der Waals surface area contributed by atoms with Gasteiger partial charge in [-0.15, -0.1) is 0 Å². The summed E-state index contributed by atoms with van der Waals surface area (Å²) in [6, 6.07) is 8.52. The van der Waals surface area contributed by atoms with E-state index in [1.165, 1.54) is 6.92 Å². The zero-order chi connectivity index (χ0) is 22.3. The number of para-hydroxylation sites is 1. The van der Waals surface area contributed by atoms with Crippen molar-refractivity contribution >= 4 is 23.9 Å². The Balaban J connectivity index is 2.42. The fraction of sp³-hybridized carbons (Fsp3) is 0.500. The monoisotopic (exact) mass is 424 g/mol. The SMILES string of the molecule is CC(=O)OC[C@H]1O[C@@H](Oc2ccccc2)[C@H](OC(C)=O)[C@@H](OC(C)=O)[C@H]1OC(C)=O. The third-order valence-corrected chi connectivity index (χ3v) is 3.94. The molecule has 1 aliphatic heterocycles. The molecule has 2 rings (SSSR count). The first-order chi connectivity index (χ1) is 14.2. The average Bonchev–Trinajstić information content (AvgIpc) is 2.64. The quantitative estimate of drug-likeness (QED) is 0.465. The van der Waals surface area contributed by atoms with E-state index in [-0.39, 0.29) is 6.61 Å². The Morgan fingerprint density at radius 1 is 0.767 bits per heavy atom. The fourth-order valence-electron chi connectivity index (χ4n) is 2.92. The number of benzene rings is 1. The van der Waals surface area contributed by atoms with E-state index in [1.807, 2.05) is 0 Å². The van der Waals surface area contributed by atoms with Crippen molar-refractivity contribution in [1.29, 1.82) is 0 Å². The Bertz CT molecular complexity index is 762. The normalized spacial score (nSPS) is 25.5. The van der Waals surface area contributed by atoms with E-state index in [0.717, 1.165) is 20.8 Å². The predicted molar refractivity (Wildman–Crippen MR) is 99.0 cm³/mol. The number of esters is 4. The summed E-state index contributed by atoms with van der Waals surface area (Å²) in [4.78, 5) is 46.4. The summed E-state index contributed by atoms with van der Waals surface area (Å²) in [5, 5.41) is 0. The van der Waals surface area contributed by atoms with Crippen molar-refractivity contribution in [3.05, 3.63) is 30.3 Å². The molecular formula is C20H24O10. The molecule has 164 valence electrons. The minimum Gasteiger partial charge on any atom is -0.463 e. The average molecular weight is 424 g/mol. The molecule has 1 saturated heterocycles. The second kappa shape index (κ2) is 10.6. The number of hydrogen-bond acceptors (Lipinski definition) is 10. The highest BCUT2D eigenvalue weighted by Crippen LogP contribution is 2.30. The number of rotatable bonds is 7. The van der Waals surface area contributed by atoms with E-state index >= 15 is 0 Å². The topological polar surface area (TPSA) is 124 Å². The standard InChI is InChI=1S/C20H24O10/c1-11(21)25-10-16-17(26-12(2)22)18(27-13(3)23)19(28-14(4)24)20(30-16)29-15-8-6-5-7-9-15/h5-9,16-20H,10H2,1-4H3/t16-,17+,18+,19-,20-/m1/s1. The van der Waals surface area contributed by atoms with Gasteiger partial charge < -0.3 is 28.4 Å². The second-order valence-electron chi connectivity index (χ2n) is 6.50. The van der Waals surface area contributed by atoms with Gasteiger partial charge in [0, 0.05) is 27.7 Å². The van der Waals surface area contributed by atoms with Crippen LogP contribution in [0, 0.1) is 0 Å². The molecular weight excluding hydrogens is 400 g/mol. The first-order valence-corrected chi connectivity index (χ1v) is 9.19. The number of carbonyl (C=O) groups excluding carboxylic acids is 4. The van der Waals surface area contributed by atoms with Crippen LogP contribution in [0.5, 0.6) is 5.75 Å². The molecule has 1 aromatic rings. The third-order valence-electron chi connectivity index (χ3n) is 3.94. The van der Waals surface area contributed by atoms with Crippen molar-refractivity contribution in [1.82, 2.24) is 0 Å². The zero-order valence-electron chi connectivity index (χ0n) is 17.1. The maximum Gasteiger partial charge on any atom is 0.303 e. The van der Waals surface area contributed by atoms with E-state index in [4.69, 9.17) is 28.4 Å². The van der Waals surface area contributed by atoms with Crippen molar-refractivity contribution in [2.45, 2.75) is 58.4 Å². The van der Waals surface area contributed by atoms with Crippen LogP contribution in [0.25, 0.3) is 0 Å². The summed E-state index contributed by atoms with van der Waals surface area (Å²) in [5.74, 6) is -2.30. The highest BCUT2D eigenvalue weighted by atomic mass is 16.7. The van der Waals surface area contributed by atoms with E-state index in [0.29, 0.717) is 5.75 Å². The molecule has 10 heteroatoms. The van der Waals surface area contributed by atoms with E-state index in [2.05, 4.69) is 0 Å². The largest absolute Gasteiger partial charge is 0.463 e. The van der Waals surface area contributed by atoms with Gasteiger partial charge in [-0.3, -0.25) is 19.2 Å². The van der Waals surface area contributed by atoms with Gasteiger partial charge in [-0.05, 0) is 12.1 Å². The van der Waals surface area contributed by atoms with Crippen LogP contribution >= 0.6 is 0 Å². The molecule has 1 heterocycles. The number of hydrogen-bond donors (Lipinski definition) is 0. The molecule has 0 N–H and O–H groups in total. The second-order valence-corrected chi connectivity index (χ2v) is 6.50. The molecule has 10 nitrogen and oxygen atoms in total. The summed E-state index contributed by atoms with van der Waals surface area (Å²) in [6.45, 7) is 4.36. The lowest BCUT2D eigenvalue weighted by Crippen LogP contribution is -2.63. The maximum absolute atomic E-state index is 11.7. The Morgan fingerprint density at radius 3 is 1.83 bits per heavy atom. The van der Waals surface area contributed by atoms with Crippen LogP contribution in [0.3, 0.4) is 0 Å². The fourth-order valence-corrected chi connectivity index (χ4v) is 2.92. The molecule has 1 aromatic carbocycles. The van der Waals surface area contributed by atoms with Crippen LogP contribution in [0.15, 0.2) is 30.3 Å². The highest BCUT2D eigenvalue weighted by Gasteiger charge is 2.53. The molecule has 0 radical (unpaired) electrons. The molecule has 0 aliphatic carbocycles. The van der Waals surface area contributed by atoms with Crippen molar-refractivity contribution < 1.29 is 47.6 Å². The zero-order valence-corrected chi connectivity index (χ0v) is 17.1. The van der Waals surface area contributed by atoms with Gasteiger partial charge in [0.15, 0.2) is 12.2 Å². The molecule has 1 aliphatic rings. The van der Waals surface area contributed by atoms with Crippen LogP contribution in [-0.4, -0.2) is 61.2 Å². The van der Waals surface area contributed by atoms with Crippen LogP contribution in [0.4, 0.5) is 0 Å². The first kappa shape index (κ1) is 23.1. The Morgan fingerprint density at radius 2 is 1.30 bits per heavy atom. The minimum atomic E-state index is -1.27. The van der Waals surface area contributed by atoms with Crippen LogP contribution in [0.2, 0.25) is 0 Å². The first-order valence-electron chi connectivity index (χ1n) is 9.19. The minimum absolute atomic E-state index is 0.313. The maximum atomic E-state index is 11.7. The van der Waals surface area contributed by atoms with E-state index in [9.17, 15) is 19.2 Å². The van der Waals surface area contributed by atoms with Crippen LogP contribution in [0.1, 0.15) is 27.7 Å². The van der Waals surface area contributed by atoms with Crippen molar-refractivity contribution in [3.8, 4) is 5.75 Å². The van der Waals surface area contributed by atoms with Crippen molar-refractivity contribution in [2.24, 2.45) is 0 Å². The van der Waals surface area contributed by atoms with E-state index in [1.54, 1.807) is 30.3 Å². The molecule has 0 unspecified atom stereocenters. The lowest BCUT2D eigenvalue weighted by molar-refractivity contribution is -0.288.